The van der Waals surface area contributed by atoms with Gasteiger partial charge in [-0.3, -0.25) is 0 Å². The molecule has 0 radical (unpaired) electrons. The van der Waals surface area contributed by atoms with Crippen LogP contribution in [0.4, 0.5) is 0 Å². The normalized spacial score (nSPS) is 21.4. The van der Waals surface area contributed by atoms with Crippen LogP contribution in [-0.4, -0.2) is 60.4 Å². The number of rotatable bonds is 7. The van der Waals surface area contributed by atoms with Gasteiger partial charge in [0.2, 0.25) is 10.0 Å². The van der Waals surface area contributed by atoms with Crippen molar-refractivity contribution in [3.05, 3.63) is 18.3 Å². The number of nitrogens with zero attached hydrogens (tertiary/aromatic N) is 1. The predicted molar refractivity (Wildman–Crippen MR) is 91.6 cm³/mol. The molecule has 138 valence electrons. The van der Waals surface area contributed by atoms with Crippen LogP contribution in [0.5, 0.6) is 0 Å². The predicted octanol–water partition coefficient (Wildman–Crippen LogP) is -0.0462. The molecule has 1 aromatic heterocycles. The van der Waals surface area contributed by atoms with E-state index in [-0.39, 0.29) is 28.9 Å². The zero-order chi connectivity index (χ0) is 17.1. The first-order chi connectivity index (χ1) is 10.7. The summed E-state index contributed by atoms with van der Waals surface area (Å²) in [5.41, 5.74) is -0.415. The molecule has 0 amide bonds. The molecule has 0 bridgehead atoms. The van der Waals surface area contributed by atoms with E-state index in [1.165, 1.54) is 12.1 Å². The molecule has 0 spiro atoms. The van der Waals surface area contributed by atoms with Crippen molar-refractivity contribution in [3.8, 4) is 0 Å². The van der Waals surface area contributed by atoms with E-state index in [0.717, 1.165) is 31.8 Å². The lowest BCUT2D eigenvalue weighted by atomic mass is 9.99. The third-order valence-corrected chi connectivity index (χ3v) is 6.14. The van der Waals surface area contributed by atoms with Gasteiger partial charge in [0.25, 0.3) is 0 Å². The lowest BCUT2D eigenvalue weighted by Crippen LogP contribution is -2.52. The van der Waals surface area contributed by atoms with E-state index in [2.05, 4.69) is 15.0 Å². The third kappa shape index (κ3) is 5.11. The Morgan fingerprint density at radius 2 is 2.04 bits per heavy atom. The summed E-state index contributed by atoms with van der Waals surface area (Å²) >= 11 is 0. The Morgan fingerprint density at radius 1 is 1.33 bits per heavy atom. The van der Waals surface area contributed by atoms with Crippen LogP contribution >= 0.6 is 12.4 Å². The summed E-state index contributed by atoms with van der Waals surface area (Å²) in [4.78, 5) is 3.63. The van der Waals surface area contributed by atoms with Gasteiger partial charge < -0.3 is 10.1 Å². The first-order valence-corrected chi connectivity index (χ1v) is 10.5. The number of nitrogens with one attached hydrogen (secondary N) is 2. The van der Waals surface area contributed by atoms with Crippen molar-refractivity contribution in [1.82, 2.24) is 15.0 Å². The lowest BCUT2D eigenvalue weighted by molar-refractivity contribution is 0.122. The van der Waals surface area contributed by atoms with E-state index < -0.39 is 25.4 Å². The van der Waals surface area contributed by atoms with Crippen LogP contribution in [0.15, 0.2) is 28.3 Å². The molecule has 1 saturated heterocycles. The monoisotopic (exact) mass is 399 g/mol. The highest BCUT2D eigenvalue weighted by atomic mass is 35.5. The highest BCUT2D eigenvalue weighted by molar-refractivity contribution is 7.90. The Bertz CT molecular complexity index is 744. The second kappa shape index (κ2) is 8.07. The maximum Gasteiger partial charge on any atom is 0.242 e. The van der Waals surface area contributed by atoms with Crippen LogP contribution in [0.3, 0.4) is 0 Å². The molecular weight excluding hydrogens is 378 g/mol. The largest absolute Gasteiger partial charge is 0.383 e. The molecule has 0 aromatic carbocycles. The molecule has 2 N–H and O–H groups in total. The van der Waals surface area contributed by atoms with Gasteiger partial charge in [0.05, 0.1) is 12.1 Å². The van der Waals surface area contributed by atoms with Crippen molar-refractivity contribution in [2.45, 2.75) is 28.3 Å². The maximum absolute atomic E-state index is 12.3. The zero-order valence-electron chi connectivity index (χ0n) is 13.5. The van der Waals surface area contributed by atoms with Crippen molar-refractivity contribution in [2.24, 2.45) is 0 Å². The second-order valence-corrected chi connectivity index (χ2v) is 9.40. The van der Waals surface area contributed by atoms with Crippen molar-refractivity contribution < 1.29 is 21.6 Å². The fourth-order valence-electron chi connectivity index (χ4n) is 2.53. The first kappa shape index (κ1) is 21.3. The summed E-state index contributed by atoms with van der Waals surface area (Å²) in [6.07, 6.45) is 3.83. The summed E-state index contributed by atoms with van der Waals surface area (Å²) < 4.78 is 55.1. The Morgan fingerprint density at radius 3 is 2.50 bits per heavy atom. The van der Waals surface area contributed by atoms with E-state index in [1.807, 2.05) is 0 Å². The standard InChI is InChI=1S/C13H21N3O5S2.ClH/c1-21-10-13(6-3-7-15-13)9-16-23(19,20)11-4-5-12(14-8-11)22(2,17)18;/h4-5,8,15-16H,3,6-7,9-10H2,1-2H3;1H. The van der Waals surface area contributed by atoms with Gasteiger partial charge >= 0.3 is 0 Å². The molecule has 1 fully saturated rings. The van der Waals surface area contributed by atoms with Gasteiger partial charge in [-0.25, -0.2) is 26.5 Å². The fraction of sp³-hybridized carbons (Fsp3) is 0.615. The minimum absolute atomic E-state index is 0. The summed E-state index contributed by atoms with van der Waals surface area (Å²) in [6.45, 7) is 1.41. The number of aromatic nitrogens is 1. The van der Waals surface area contributed by atoms with Crippen molar-refractivity contribution >= 4 is 32.3 Å². The molecule has 1 unspecified atom stereocenters. The average molecular weight is 400 g/mol. The quantitative estimate of drug-likeness (QED) is 0.660. The Hall–Kier alpha value is -0.780. The molecule has 8 nitrogen and oxygen atoms in total. The van der Waals surface area contributed by atoms with Crippen LogP contribution in [0, 0.1) is 0 Å². The maximum atomic E-state index is 12.3. The van der Waals surface area contributed by atoms with E-state index in [0.29, 0.717) is 6.61 Å². The van der Waals surface area contributed by atoms with Crippen LogP contribution in [0.25, 0.3) is 0 Å². The molecule has 24 heavy (non-hydrogen) atoms. The molecule has 1 aliphatic rings. The second-order valence-electron chi connectivity index (χ2n) is 5.67. The first-order valence-electron chi connectivity index (χ1n) is 7.08. The minimum atomic E-state index is -3.77. The van der Waals surface area contributed by atoms with Gasteiger partial charge in [-0.05, 0) is 31.5 Å². The van der Waals surface area contributed by atoms with Gasteiger partial charge in [-0.1, -0.05) is 0 Å². The van der Waals surface area contributed by atoms with Gasteiger partial charge in [-0.2, -0.15) is 0 Å². The highest BCUT2D eigenvalue weighted by Crippen LogP contribution is 2.20. The summed E-state index contributed by atoms with van der Waals surface area (Å²) in [7, 11) is -5.66. The van der Waals surface area contributed by atoms with Crippen molar-refractivity contribution in [1.29, 1.82) is 0 Å². The fourth-order valence-corrected chi connectivity index (χ4v) is 4.16. The molecule has 0 aliphatic carbocycles. The number of pyridine rings is 1. The topological polar surface area (TPSA) is 114 Å². The number of halogens is 1. The number of hydrogen-bond acceptors (Lipinski definition) is 7. The molecule has 0 saturated carbocycles. The Balaban J connectivity index is 0.00000288. The zero-order valence-corrected chi connectivity index (χ0v) is 15.9. The van der Waals surface area contributed by atoms with Crippen LogP contribution in [-0.2, 0) is 24.6 Å². The number of hydrogen-bond donors (Lipinski definition) is 2. The SMILES string of the molecule is COCC1(CNS(=O)(=O)c2ccc(S(C)(=O)=O)nc2)CCCN1.Cl. The van der Waals surface area contributed by atoms with Crippen LogP contribution in [0.2, 0.25) is 0 Å². The third-order valence-electron chi connectivity index (χ3n) is 3.75. The average Bonchev–Trinajstić information content (AvgIpc) is 2.94. The van der Waals surface area contributed by atoms with Crippen molar-refractivity contribution in [3.63, 3.8) is 0 Å². The number of sulfone groups is 1. The van der Waals surface area contributed by atoms with Gasteiger partial charge in [0, 0.05) is 26.1 Å². The molecule has 1 aliphatic heterocycles. The van der Waals surface area contributed by atoms with E-state index >= 15 is 0 Å². The Kier molecular flexibility index (Phi) is 7.15. The van der Waals surface area contributed by atoms with Gasteiger partial charge in [0.15, 0.2) is 14.9 Å². The van der Waals surface area contributed by atoms with Crippen LogP contribution < -0.4 is 10.0 Å². The number of ether oxygens (including phenoxy) is 1. The number of methoxy groups -OCH3 is 1. The highest BCUT2D eigenvalue weighted by Gasteiger charge is 2.34. The minimum Gasteiger partial charge on any atom is -0.383 e. The van der Waals surface area contributed by atoms with E-state index in [9.17, 15) is 16.8 Å². The van der Waals surface area contributed by atoms with Gasteiger partial charge in [-0.15, -0.1) is 12.4 Å². The van der Waals surface area contributed by atoms with Crippen LogP contribution in [0.1, 0.15) is 12.8 Å². The number of sulfonamides is 1. The summed E-state index contributed by atoms with van der Waals surface area (Å²) in [5, 5.41) is 3.11. The molecule has 2 rings (SSSR count). The summed E-state index contributed by atoms with van der Waals surface area (Å²) in [6, 6.07) is 2.42. The summed E-state index contributed by atoms with van der Waals surface area (Å²) in [5.74, 6) is 0. The van der Waals surface area contributed by atoms with Gasteiger partial charge in [0.1, 0.15) is 4.90 Å². The molecule has 11 heteroatoms. The Labute approximate surface area is 148 Å². The smallest absolute Gasteiger partial charge is 0.242 e. The lowest BCUT2D eigenvalue weighted by Gasteiger charge is -2.28. The molecular formula is C13H22ClN3O5S2. The van der Waals surface area contributed by atoms with E-state index in [1.54, 1.807) is 7.11 Å². The molecule has 1 aromatic rings. The van der Waals surface area contributed by atoms with E-state index in [4.69, 9.17) is 4.74 Å². The van der Waals surface area contributed by atoms with Crippen molar-refractivity contribution in [2.75, 3.05) is 33.1 Å². The molecule has 1 atom stereocenters. The molecule has 2 heterocycles.